The van der Waals surface area contributed by atoms with Crippen molar-refractivity contribution < 1.29 is 40.3 Å². The second kappa shape index (κ2) is 17.6. The van der Waals surface area contributed by atoms with Gasteiger partial charge in [0.1, 0.15) is 6.61 Å². The van der Waals surface area contributed by atoms with Crippen molar-refractivity contribution in [3.8, 4) is 0 Å². The van der Waals surface area contributed by atoms with E-state index in [4.69, 9.17) is 9.94 Å². The van der Waals surface area contributed by atoms with Crippen molar-refractivity contribution in [1.82, 2.24) is 0 Å². The number of ether oxygens (including phenoxy) is 1. The Labute approximate surface area is 213 Å². The van der Waals surface area contributed by atoms with Crippen LogP contribution in [-0.2, 0) is 20.8 Å². The summed E-state index contributed by atoms with van der Waals surface area (Å²) in [7, 11) is 0. The van der Waals surface area contributed by atoms with E-state index in [1.54, 1.807) is 0 Å². The van der Waals surface area contributed by atoms with Gasteiger partial charge in [-0.25, -0.2) is 0 Å². The van der Waals surface area contributed by atoms with Gasteiger partial charge in [0.25, 0.3) is 0 Å². The van der Waals surface area contributed by atoms with Crippen LogP contribution in [0.3, 0.4) is 0 Å². The Morgan fingerprint density at radius 3 is 2.53 bits per heavy atom. The molecule has 36 heavy (non-hydrogen) atoms. The van der Waals surface area contributed by atoms with Gasteiger partial charge in [-0.1, -0.05) is 47.9 Å². The SMILES string of the molecule is O=C(CCCC=CCC1C(O)CC(O)C1CCC(O)CCc1ccccc1)OCCCCO[NH+]([O-])O. The van der Waals surface area contributed by atoms with Gasteiger partial charge in [0.2, 0.25) is 0 Å². The van der Waals surface area contributed by atoms with Crippen LogP contribution in [0.2, 0.25) is 0 Å². The third kappa shape index (κ3) is 12.4. The summed E-state index contributed by atoms with van der Waals surface area (Å²) in [5.74, 6) is -0.345. The van der Waals surface area contributed by atoms with Crippen molar-refractivity contribution in [3.05, 3.63) is 53.3 Å². The fourth-order valence-corrected chi connectivity index (χ4v) is 4.77. The minimum absolute atomic E-state index is 0.0346. The molecule has 1 aliphatic rings. The summed E-state index contributed by atoms with van der Waals surface area (Å²) in [4.78, 5) is 16.1. The first-order valence-corrected chi connectivity index (χ1v) is 13.1. The normalized spacial score (nSPS) is 23.7. The highest BCUT2D eigenvalue weighted by Gasteiger charge is 2.40. The Hall–Kier alpha value is -1.85. The van der Waals surface area contributed by atoms with Gasteiger partial charge >= 0.3 is 5.97 Å². The number of aliphatic hydroxyl groups excluding tert-OH is 3. The third-order valence-electron chi connectivity index (χ3n) is 6.82. The second-order valence-electron chi connectivity index (χ2n) is 9.59. The molecule has 0 aromatic heterocycles. The van der Waals surface area contributed by atoms with Crippen molar-refractivity contribution in [2.75, 3.05) is 13.2 Å². The smallest absolute Gasteiger partial charge is 0.305 e. The molecule has 9 nitrogen and oxygen atoms in total. The molecular formula is C27H43NO8. The highest BCUT2D eigenvalue weighted by Crippen LogP contribution is 2.38. The number of carbonyl (C=O) groups is 1. The maximum atomic E-state index is 11.7. The lowest BCUT2D eigenvalue weighted by Crippen LogP contribution is -3.03. The number of aryl methyl sites for hydroxylation is 1. The molecule has 2 rings (SSSR count). The molecule has 0 heterocycles. The van der Waals surface area contributed by atoms with Crippen LogP contribution in [0.1, 0.15) is 69.8 Å². The fraction of sp³-hybridized carbons (Fsp3) is 0.667. The van der Waals surface area contributed by atoms with Gasteiger partial charge in [-0.2, -0.15) is 10.0 Å². The van der Waals surface area contributed by atoms with E-state index in [2.05, 4.69) is 17.0 Å². The van der Waals surface area contributed by atoms with Crippen LogP contribution >= 0.6 is 0 Å². The first-order valence-electron chi connectivity index (χ1n) is 13.1. The summed E-state index contributed by atoms with van der Waals surface area (Å²) in [6, 6.07) is 10.1. The van der Waals surface area contributed by atoms with E-state index in [1.807, 2.05) is 30.4 Å². The number of nitrogens with one attached hydrogen (secondary N) is 1. The lowest BCUT2D eigenvalue weighted by Gasteiger charge is -2.23. The minimum Gasteiger partial charge on any atom is -0.566 e. The Bertz CT molecular complexity index is 745. The molecule has 0 saturated heterocycles. The van der Waals surface area contributed by atoms with Gasteiger partial charge in [-0.15, -0.1) is 0 Å². The molecule has 0 aliphatic heterocycles. The first kappa shape index (κ1) is 30.4. The van der Waals surface area contributed by atoms with E-state index in [9.17, 15) is 25.3 Å². The van der Waals surface area contributed by atoms with Crippen LogP contribution in [0.25, 0.3) is 0 Å². The molecule has 1 saturated carbocycles. The number of carbonyl (C=O) groups excluding carboxylic acids is 1. The van der Waals surface area contributed by atoms with E-state index in [1.165, 1.54) is 5.56 Å². The van der Waals surface area contributed by atoms with Gasteiger partial charge in [-0.3, -0.25) is 4.79 Å². The third-order valence-corrected chi connectivity index (χ3v) is 6.82. The molecule has 0 radical (unpaired) electrons. The van der Waals surface area contributed by atoms with Crippen molar-refractivity contribution in [2.45, 2.75) is 88.9 Å². The summed E-state index contributed by atoms with van der Waals surface area (Å²) in [5.41, 5.74) is 1.20. The Balaban J connectivity index is 1.59. The molecule has 1 aromatic rings. The maximum absolute atomic E-state index is 11.7. The molecule has 1 aromatic carbocycles. The number of benzene rings is 1. The molecule has 6 unspecified atom stereocenters. The number of hydrogen-bond acceptors (Lipinski definition) is 8. The summed E-state index contributed by atoms with van der Waals surface area (Å²) in [6.45, 7) is 0.349. The lowest BCUT2D eigenvalue weighted by atomic mass is 9.85. The van der Waals surface area contributed by atoms with Crippen molar-refractivity contribution in [3.63, 3.8) is 0 Å². The summed E-state index contributed by atoms with van der Waals surface area (Å²) >= 11 is 0. The average molecular weight is 510 g/mol. The molecule has 0 bridgehead atoms. The number of hydrogen-bond donors (Lipinski definition) is 5. The van der Waals surface area contributed by atoms with Crippen molar-refractivity contribution in [1.29, 1.82) is 0 Å². The zero-order chi connectivity index (χ0) is 26.2. The van der Waals surface area contributed by atoms with Crippen LogP contribution in [0.5, 0.6) is 0 Å². The maximum Gasteiger partial charge on any atom is 0.305 e. The highest BCUT2D eigenvalue weighted by atomic mass is 17.1. The quantitative estimate of drug-likeness (QED) is 0.0877. The average Bonchev–Trinajstić information content (AvgIpc) is 3.12. The molecule has 0 spiro atoms. The van der Waals surface area contributed by atoms with E-state index in [0.717, 1.165) is 12.8 Å². The van der Waals surface area contributed by atoms with Crippen LogP contribution in [0.15, 0.2) is 42.5 Å². The topological polar surface area (TPSA) is 144 Å². The molecule has 1 aliphatic carbocycles. The van der Waals surface area contributed by atoms with Gasteiger partial charge in [0, 0.05) is 6.42 Å². The largest absolute Gasteiger partial charge is 0.566 e. The number of allylic oxidation sites excluding steroid dienone is 2. The van der Waals surface area contributed by atoms with Gasteiger partial charge in [-0.05, 0) is 81.6 Å². The monoisotopic (exact) mass is 509 g/mol. The van der Waals surface area contributed by atoms with Gasteiger partial charge in [0.05, 0.1) is 24.9 Å². The van der Waals surface area contributed by atoms with E-state index in [0.29, 0.717) is 57.8 Å². The number of rotatable bonds is 18. The van der Waals surface area contributed by atoms with Crippen LogP contribution in [0, 0.1) is 17.0 Å². The number of quaternary nitrogens is 1. The Kier molecular flexibility index (Phi) is 14.8. The summed E-state index contributed by atoms with van der Waals surface area (Å²) < 4.78 is 5.12. The van der Waals surface area contributed by atoms with Crippen LogP contribution in [-0.4, -0.2) is 58.0 Å². The molecule has 5 N–H and O–H groups in total. The van der Waals surface area contributed by atoms with Crippen LogP contribution < -0.4 is 5.39 Å². The highest BCUT2D eigenvalue weighted by molar-refractivity contribution is 5.69. The standard InChI is InChI=1S/C27H43NO8/c29-22(15-14-21-10-4-3-5-11-21)16-17-24-23(25(30)20-26(24)31)12-6-1-2-7-13-27(32)35-18-8-9-19-36-28(33)34/h1,3-6,10-11,22-26,28-31,33H,2,7-9,12-20H2. The predicted molar refractivity (Wildman–Crippen MR) is 133 cm³/mol. The van der Waals surface area contributed by atoms with Gasteiger partial charge < -0.3 is 25.3 Å². The molecule has 0 amide bonds. The Morgan fingerprint density at radius 2 is 1.78 bits per heavy atom. The molecule has 204 valence electrons. The molecule has 1 fully saturated rings. The fourth-order valence-electron chi connectivity index (χ4n) is 4.77. The number of unbranched alkanes of at least 4 members (excludes halogenated alkanes) is 2. The minimum atomic E-state index is -1.30. The zero-order valence-electron chi connectivity index (χ0n) is 21.0. The summed E-state index contributed by atoms with van der Waals surface area (Å²) in [6.07, 6.45) is 9.06. The summed E-state index contributed by atoms with van der Waals surface area (Å²) in [5, 5.41) is 48.6. The van der Waals surface area contributed by atoms with Crippen LogP contribution in [0.4, 0.5) is 0 Å². The van der Waals surface area contributed by atoms with Gasteiger partial charge in [0.15, 0.2) is 0 Å². The molecular weight excluding hydrogens is 466 g/mol. The van der Waals surface area contributed by atoms with E-state index in [-0.39, 0.29) is 31.0 Å². The number of aliphatic hydroxyl groups is 3. The van der Waals surface area contributed by atoms with E-state index >= 15 is 0 Å². The lowest BCUT2D eigenvalue weighted by molar-refractivity contribution is -1.21. The molecule has 9 heteroatoms. The Morgan fingerprint density at radius 1 is 1.06 bits per heavy atom. The zero-order valence-corrected chi connectivity index (χ0v) is 21.0. The first-order chi connectivity index (χ1) is 17.4. The second-order valence-corrected chi connectivity index (χ2v) is 9.59. The van der Waals surface area contributed by atoms with Crippen molar-refractivity contribution in [2.24, 2.45) is 11.8 Å². The van der Waals surface area contributed by atoms with E-state index < -0.39 is 23.7 Å². The van der Waals surface area contributed by atoms with Crippen molar-refractivity contribution >= 4 is 5.97 Å². The predicted octanol–water partition coefficient (Wildman–Crippen LogP) is 2.26. The number of esters is 1. The molecule has 6 atom stereocenters.